The molecular formula is C16H15F3N4O4. The summed E-state index contributed by atoms with van der Waals surface area (Å²) in [5, 5.41) is 22.5. The average molecular weight is 384 g/mol. The number of aromatic nitrogens is 2. The third kappa shape index (κ3) is 3.66. The molecule has 2 amide bonds. The highest BCUT2D eigenvalue weighted by molar-refractivity contribution is 6.00. The lowest BCUT2D eigenvalue weighted by Crippen LogP contribution is -2.51. The van der Waals surface area contributed by atoms with E-state index in [0.717, 1.165) is 14.5 Å². The molecule has 0 unspecified atom stereocenters. The first-order valence-electron chi connectivity index (χ1n) is 7.83. The van der Waals surface area contributed by atoms with E-state index >= 15 is 0 Å². The van der Waals surface area contributed by atoms with Gasteiger partial charge in [0.25, 0.3) is 0 Å². The van der Waals surface area contributed by atoms with Crippen LogP contribution in [-0.4, -0.2) is 50.9 Å². The van der Waals surface area contributed by atoms with Crippen molar-refractivity contribution in [1.82, 2.24) is 9.78 Å². The van der Waals surface area contributed by atoms with Crippen LogP contribution >= 0.6 is 0 Å². The summed E-state index contributed by atoms with van der Waals surface area (Å²) in [5.41, 5.74) is 1.11. The lowest BCUT2D eigenvalue weighted by molar-refractivity contribution is -0.142. The van der Waals surface area contributed by atoms with Crippen LogP contribution in [0.2, 0.25) is 0 Å². The molecule has 1 atom stereocenters. The lowest BCUT2D eigenvalue weighted by atomic mass is 10.0. The third-order valence-corrected chi connectivity index (χ3v) is 4.16. The topological polar surface area (TPSA) is 98.9 Å². The van der Waals surface area contributed by atoms with E-state index in [2.05, 4.69) is 5.10 Å². The predicted octanol–water partition coefficient (Wildman–Crippen LogP) is 3.48. The van der Waals surface area contributed by atoms with Crippen LogP contribution in [0.3, 0.4) is 0 Å². The van der Waals surface area contributed by atoms with Crippen molar-refractivity contribution in [2.24, 2.45) is 0 Å². The van der Waals surface area contributed by atoms with Gasteiger partial charge in [0, 0.05) is 11.8 Å². The summed E-state index contributed by atoms with van der Waals surface area (Å²) in [5.74, 6) is 0. The van der Waals surface area contributed by atoms with E-state index in [0.29, 0.717) is 11.1 Å². The van der Waals surface area contributed by atoms with E-state index in [-0.39, 0.29) is 17.9 Å². The zero-order valence-corrected chi connectivity index (χ0v) is 14.0. The molecule has 0 spiro atoms. The van der Waals surface area contributed by atoms with Crippen molar-refractivity contribution in [3.05, 3.63) is 30.6 Å². The van der Waals surface area contributed by atoms with Gasteiger partial charge in [0.1, 0.15) is 6.54 Å². The van der Waals surface area contributed by atoms with Crippen molar-refractivity contribution in [3.8, 4) is 11.1 Å². The second-order valence-corrected chi connectivity index (χ2v) is 6.14. The smallest absolute Gasteiger partial charge is 0.412 e. The molecule has 0 aliphatic carbocycles. The fraction of sp³-hybridized carbons (Fsp3) is 0.312. The van der Waals surface area contributed by atoms with E-state index in [1.807, 2.05) is 0 Å². The highest BCUT2D eigenvalue weighted by Crippen LogP contribution is 2.38. The molecule has 144 valence electrons. The van der Waals surface area contributed by atoms with Crippen LogP contribution in [0.1, 0.15) is 6.92 Å². The van der Waals surface area contributed by atoms with Gasteiger partial charge in [-0.05, 0) is 24.6 Å². The molecule has 2 heterocycles. The third-order valence-electron chi connectivity index (χ3n) is 4.16. The van der Waals surface area contributed by atoms with Crippen molar-refractivity contribution >= 4 is 23.6 Å². The summed E-state index contributed by atoms with van der Waals surface area (Å²) >= 11 is 0. The molecule has 1 aromatic heterocycles. The Morgan fingerprint density at radius 1 is 1.19 bits per heavy atom. The van der Waals surface area contributed by atoms with Gasteiger partial charge in [-0.2, -0.15) is 18.3 Å². The van der Waals surface area contributed by atoms with Gasteiger partial charge >= 0.3 is 18.4 Å². The minimum Gasteiger partial charge on any atom is -0.465 e. The molecule has 0 bridgehead atoms. The molecule has 0 saturated carbocycles. The van der Waals surface area contributed by atoms with Crippen LogP contribution < -0.4 is 9.80 Å². The van der Waals surface area contributed by atoms with Crippen LogP contribution in [0.15, 0.2) is 30.6 Å². The van der Waals surface area contributed by atoms with Gasteiger partial charge in [0.15, 0.2) is 0 Å². The molecular weight excluding hydrogens is 369 g/mol. The Hall–Kier alpha value is -3.24. The fourth-order valence-corrected chi connectivity index (χ4v) is 3.06. The SMILES string of the molecule is C[C@H]1CN(C(=O)O)c2cc(-c3cnn(CC(F)(F)F)c3)ccc2N1C(=O)O. The molecule has 11 heteroatoms. The molecule has 1 aromatic carbocycles. The first-order valence-corrected chi connectivity index (χ1v) is 7.83. The maximum Gasteiger partial charge on any atom is 0.412 e. The number of hydrogen-bond donors (Lipinski definition) is 2. The van der Waals surface area contributed by atoms with E-state index < -0.39 is 30.9 Å². The van der Waals surface area contributed by atoms with Crippen molar-refractivity contribution in [2.45, 2.75) is 25.7 Å². The van der Waals surface area contributed by atoms with E-state index in [4.69, 9.17) is 0 Å². The van der Waals surface area contributed by atoms with E-state index in [9.17, 15) is 33.0 Å². The normalized spacial score (nSPS) is 17.0. The van der Waals surface area contributed by atoms with Crippen LogP contribution in [0.4, 0.5) is 34.1 Å². The van der Waals surface area contributed by atoms with Crippen LogP contribution in [-0.2, 0) is 6.54 Å². The molecule has 2 aromatic rings. The van der Waals surface area contributed by atoms with Gasteiger partial charge in [-0.15, -0.1) is 0 Å². The Kier molecular flexibility index (Phi) is 4.46. The van der Waals surface area contributed by atoms with E-state index in [1.165, 1.54) is 30.6 Å². The standard InChI is InChI=1S/C16H15F3N4O4/c1-9-6-22(14(24)25)13-4-10(2-3-12(13)23(9)15(26)27)11-5-20-21(7-11)8-16(17,18)19/h2-5,7,9H,6,8H2,1H3,(H,24,25)(H,26,27)/t9-/m0/s1. The first kappa shape index (κ1) is 18.5. The Bertz CT molecular complexity index is 896. The molecule has 0 saturated heterocycles. The van der Waals surface area contributed by atoms with Gasteiger partial charge in [-0.3, -0.25) is 14.5 Å². The van der Waals surface area contributed by atoms with Crippen LogP contribution in [0.25, 0.3) is 11.1 Å². The number of nitrogens with zero attached hydrogens (tertiary/aromatic N) is 4. The Balaban J connectivity index is 2.03. The minimum atomic E-state index is -4.42. The molecule has 2 N–H and O–H groups in total. The number of carboxylic acid groups (broad SMARTS) is 2. The number of rotatable bonds is 2. The van der Waals surface area contributed by atoms with Crippen molar-refractivity contribution in [3.63, 3.8) is 0 Å². The number of hydrogen-bond acceptors (Lipinski definition) is 3. The Labute approximate surface area is 151 Å². The number of halogens is 3. The number of benzene rings is 1. The van der Waals surface area contributed by atoms with Gasteiger partial charge in [0.05, 0.1) is 30.2 Å². The Morgan fingerprint density at radius 2 is 1.89 bits per heavy atom. The van der Waals surface area contributed by atoms with Gasteiger partial charge in [-0.1, -0.05) is 6.07 Å². The maximum atomic E-state index is 12.5. The lowest BCUT2D eigenvalue weighted by Gasteiger charge is -2.38. The molecule has 8 nitrogen and oxygen atoms in total. The predicted molar refractivity (Wildman–Crippen MR) is 89.1 cm³/mol. The largest absolute Gasteiger partial charge is 0.465 e. The molecule has 3 rings (SSSR count). The minimum absolute atomic E-state index is 0.0641. The highest BCUT2D eigenvalue weighted by atomic mass is 19.4. The molecule has 1 aliphatic rings. The molecule has 0 radical (unpaired) electrons. The zero-order valence-electron chi connectivity index (χ0n) is 14.0. The number of anilines is 2. The van der Waals surface area contributed by atoms with E-state index in [1.54, 1.807) is 6.92 Å². The zero-order chi connectivity index (χ0) is 19.9. The summed E-state index contributed by atoms with van der Waals surface area (Å²) in [6.45, 7) is 0.275. The van der Waals surface area contributed by atoms with Gasteiger partial charge < -0.3 is 10.2 Å². The summed E-state index contributed by atoms with van der Waals surface area (Å²) in [6.07, 6.45) is -4.46. The summed E-state index contributed by atoms with van der Waals surface area (Å²) in [7, 11) is 0. The number of amides is 2. The van der Waals surface area contributed by atoms with Crippen molar-refractivity contribution in [1.29, 1.82) is 0 Å². The van der Waals surface area contributed by atoms with Gasteiger partial charge in [-0.25, -0.2) is 9.59 Å². The second kappa shape index (κ2) is 6.49. The maximum absolute atomic E-state index is 12.5. The molecule has 27 heavy (non-hydrogen) atoms. The summed E-state index contributed by atoms with van der Waals surface area (Å²) in [4.78, 5) is 25.2. The average Bonchev–Trinajstić information content (AvgIpc) is 2.99. The number of carbonyl (C=O) groups is 2. The van der Waals surface area contributed by atoms with Crippen molar-refractivity contribution in [2.75, 3.05) is 16.3 Å². The monoisotopic (exact) mass is 384 g/mol. The second-order valence-electron chi connectivity index (χ2n) is 6.14. The van der Waals surface area contributed by atoms with Gasteiger partial charge in [0.2, 0.25) is 0 Å². The van der Waals surface area contributed by atoms with Crippen LogP contribution in [0.5, 0.6) is 0 Å². The fourth-order valence-electron chi connectivity index (χ4n) is 3.06. The molecule has 0 fully saturated rings. The summed E-state index contributed by atoms with van der Waals surface area (Å²) < 4.78 is 38.2. The van der Waals surface area contributed by atoms with Crippen LogP contribution in [0, 0.1) is 0 Å². The number of fused-ring (bicyclic) bond motifs is 1. The van der Waals surface area contributed by atoms with Crippen molar-refractivity contribution < 1.29 is 33.0 Å². The Morgan fingerprint density at radius 3 is 2.48 bits per heavy atom. The first-order chi connectivity index (χ1) is 12.6. The number of alkyl halides is 3. The highest BCUT2D eigenvalue weighted by Gasteiger charge is 2.35. The molecule has 1 aliphatic heterocycles. The summed E-state index contributed by atoms with van der Waals surface area (Å²) in [6, 6.07) is 3.79. The quantitative estimate of drug-likeness (QED) is 0.826.